The minimum atomic E-state index is -4.54. The minimum absolute atomic E-state index is 0.163. The lowest BCUT2D eigenvalue weighted by Crippen LogP contribution is -2.34. The van der Waals surface area contributed by atoms with E-state index in [-0.39, 0.29) is 32.7 Å². The van der Waals surface area contributed by atoms with Crippen LogP contribution >= 0.6 is 0 Å². The highest BCUT2D eigenvalue weighted by atomic mass is 16.5. The summed E-state index contributed by atoms with van der Waals surface area (Å²) in [5.41, 5.74) is 1.16. The molecule has 0 radical (unpaired) electrons. The van der Waals surface area contributed by atoms with Crippen LogP contribution in [0.3, 0.4) is 0 Å². The second kappa shape index (κ2) is 20.9. The van der Waals surface area contributed by atoms with Crippen molar-refractivity contribution < 1.29 is 35.3 Å². The summed E-state index contributed by atoms with van der Waals surface area (Å²) in [6.07, 6.45) is -1.57. The van der Waals surface area contributed by atoms with Gasteiger partial charge in [0.05, 0.1) is 37.6 Å². The van der Waals surface area contributed by atoms with Crippen LogP contribution in [-0.2, 0) is 37.9 Å². The first kappa shape index (κ1) is 42.4. The lowest BCUT2D eigenvalue weighted by Gasteiger charge is -2.42. The molecule has 9 aromatic carbocycles. The Labute approximate surface area is 578 Å². The Kier molecular flexibility index (Phi) is 9.51. The van der Waals surface area contributed by atoms with Crippen LogP contribution in [0.4, 0.5) is 0 Å². The quantitative estimate of drug-likeness (QED) is 0.123. The van der Waals surface area contributed by atoms with E-state index in [1.54, 1.807) is 16.7 Å². The van der Waals surface area contributed by atoms with Gasteiger partial charge in [0, 0.05) is 45.0 Å². The number of imidazole rings is 1. The van der Waals surface area contributed by atoms with E-state index in [1.807, 2.05) is 95.7 Å². The summed E-state index contributed by atoms with van der Waals surface area (Å²) in [6, 6.07) is 50.4. The summed E-state index contributed by atoms with van der Waals surface area (Å²) in [5.74, 6) is 1.57. The molecule has 4 heterocycles. The molecule has 12 aromatic rings. The second-order valence-electron chi connectivity index (χ2n) is 30.5. The van der Waals surface area contributed by atoms with Gasteiger partial charge in [-0.05, 0) is 219 Å². The Morgan fingerprint density at radius 3 is 1.80 bits per heavy atom. The molecular formula is C88H90N4O. The van der Waals surface area contributed by atoms with Crippen molar-refractivity contribution in [1.82, 2.24) is 14.1 Å². The first-order chi connectivity index (χ1) is 51.7. The largest absolute Gasteiger partial charge is 0.458 e. The zero-order valence-corrected chi connectivity index (χ0v) is 55.3. The molecule has 0 bridgehead atoms. The van der Waals surface area contributed by atoms with E-state index >= 15 is 0 Å². The summed E-state index contributed by atoms with van der Waals surface area (Å²) in [6.45, 7) is 11.6. The van der Waals surface area contributed by atoms with E-state index in [9.17, 15) is 17.8 Å². The molecule has 5 nitrogen and oxygen atoms in total. The number of ether oxygens (including phenoxy) is 1. The number of rotatable bonds is 6. The van der Waals surface area contributed by atoms with Gasteiger partial charge in [-0.15, -0.1) is 0 Å². The molecular weight excluding hydrogens is 1130 g/mol. The minimum Gasteiger partial charge on any atom is -0.458 e. The van der Waals surface area contributed by atoms with E-state index in [4.69, 9.17) is 17.9 Å². The van der Waals surface area contributed by atoms with Gasteiger partial charge in [0.25, 0.3) is 6.33 Å². The van der Waals surface area contributed by atoms with E-state index < -0.39 is 91.2 Å². The number of hydrogen-bond donors (Lipinski definition) is 0. The smallest absolute Gasteiger partial charge is 0.269 e. The molecule has 0 N–H and O–H groups in total. The average molecular weight is 1240 g/mol. The predicted molar refractivity (Wildman–Crippen MR) is 390 cm³/mol. The fourth-order valence-electron chi connectivity index (χ4n) is 14.3. The highest BCUT2D eigenvalue weighted by molar-refractivity contribution is 6.10. The van der Waals surface area contributed by atoms with E-state index in [0.29, 0.717) is 39.5 Å². The third kappa shape index (κ3) is 10.1. The van der Waals surface area contributed by atoms with Gasteiger partial charge in [-0.25, -0.2) is 4.98 Å². The molecule has 5 heteroatoms. The maximum Gasteiger partial charge on any atom is 0.269 e. The summed E-state index contributed by atoms with van der Waals surface area (Å²) >= 11 is 0. The maximum absolute atomic E-state index is 10.6. The SMILES string of the molecule is [2H]c1c([2H])c2c(c([2H])c1-c1cc3c4c(c1)n(-c1cccc(Oc5ccc6c7ccccc7n(-c7cc(C(C)(C)C)ccn7)c6c5)c1)[c-][n+]4-c1c(-c4ccc(C(C)(C)C)cc4)cc(C(C)(C)C)cc1-c1cc4c(cc1-c1ccccc1-3)C(C)(C)CCC4(C)C)C(C([2H])([2H])[2H])(C([2H])([2H])[2H])C([2H])([2H])C([2H])([2H])C2(C([2H])([2H])[2H])C([2H])([2H])[2H]. The van der Waals surface area contributed by atoms with Gasteiger partial charge >= 0.3 is 0 Å². The third-order valence-corrected chi connectivity index (χ3v) is 19.9. The van der Waals surface area contributed by atoms with Crippen LogP contribution in [0.25, 0.3) is 106 Å². The molecule has 3 aromatic heterocycles. The molecule has 468 valence electrons. The van der Waals surface area contributed by atoms with Crippen molar-refractivity contribution in [3.05, 3.63) is 233 Å². The molecule has 0 amide bonds. The van der Waals surface area contributed by atoms with E-state index in [1.165, 1.54) is 5.56 Å². The molecule has 0 saturated heterocycles. The van der Waals surface area contributed by atoms with Crippen LogP contribution in [0.1, 0.15) is 208 Å². The molecule has 0 spiro atoms. The van der Waals surface area contributed by atoms with Crippen LogP contribution in [0.5, 0.6) is 11.5 Å². The van der Waals surface area contributed by atoms with Crippen LogP contribution in [-0.4, -0.2) is 14.1 Å². The van der Waals surface area contributed by atoms with Gasteiger partial charge in [-0.2, -0.15) is 0 Å². The number of fused-ring (bicyclic) bond motifs is 12. The highest BCUT2D eigenvalue weighted by Gasteiger charge is 2.41. The Morgan fingerprint density at radius 1 is 0.484 bits per heavy atom. The van der Waals surface area contributed by atoms with Crippen LogP contribution in [0, 0.1) is 6.33 Å². The van der Waals surface area contributed by atoms with Crippen molar-refractivity contribution in [1.29, 1.82) is 0 Å². The van der Waals surface area contributed by atoms with Crippen molar-refractivity contribution in [2.75, 3.05) is 0 Å². The zero-order chi connectivity index (χ0) is 81.5. The van der Waals surface area contributed by atoms with Crippen LogP contribution in [0.15, 0.2) is 188 Å². The monoisotopic (exact) mass is 1240 g/mol. The molecule has 1 aliphatic heterocycles. The number of aromatic nitrogens is 4. The molecule has 0 atom stereocenters. The lowest BCUT2D eigenvalue weighted by atomic mass is 9.62. The van der Waals surface area contributed by atoms with E-state index in [0.717, 1.165) is 96.1 Å². The van der Waals surface area contributed by atoms with Gasteiger partial charge in [0.2, 0.25) is 0 Å². The van der Waals surface area contributed by atoms with Gasteiger partial charge in [0.1, 0.15) is 17.3 Å². The van der Waals surface area contributed by atoms with Crippen molar-refractivity contribution in [3.63, 3.8) is 0 Å². The van der Waals surface area contributed by atoms with Gasteiger partial charge < -0.3 is 4.74 Å². The lowest BCUT2D eigenvalue weighted by molar-refractivity contribution is -0.570. The van der Waals surface area contributed by atoms with Gasteiger partial charge in [0.15, 0.2) is 0 Å². The van der Waals surface area contributed by atoms with E-state index in [2.05, 4.69) is 168 Å². The van der Waals surface area contributed by atoms with Crippen LogP contribution in [0.2, 0.25) is 0 Å². The number of hydrogen-bond acceptors (Lipinski definition) is 2. The molecule has 3 aliphatic rings. The van der Waals surface area contributed by atoms with Crippen molar-refractivity contribution in [3.8, 4) is 84.3 Å². The summed E-state index contributed by atoms with van der Waals surface area (Å²) < 4.78 is 193. The standard InChI is InChI=1S/C88H90N4O/c1-82(2,3)57-32-29-54(30-33-57)67-46-59(84(7,8)9)47-71-69-52-75-74(87(14,15)40-41-88(75,16)17)51-68(69)63-25-18-19-26-64(63)70-43-56(55-31-36-72-73(44-55)86(12,13)39-38-85(72,10)11)45-78-81(70)91(80(67)71)53-90(78)60-23-22-24-61(49-60)93-62-34-35-66-65-27-20-21-28-76(65)92(77(66)50-62)79-48-58(37-42-89-79)83(4,5)6/h18-37,42-52H,38-41H2,1-17H3/i10D3,11D3,12D3,13D3,31D,36D,38D2,39D2,44D. The first-order valence-electron chi connectivity index (χ1n) is 41.8. The summed E-state index contributed by atoms with van der Waals surface area (Å²) in [5, 5.41) is 1.98. The third-order valence-electron chi connectivity index (χ3n) is 19.9. The van der Waals surface area contributed by atoms with Gasteiger partial charge in [-0.3, -0.25) is 13.7 Å². The number of para-hydroxylation sites is 1. The Morgan fingerprint density at radius 2 is 1.11 bits per heavy atom. The average Bonchev–Trinajstić information content (AvgIpc) is 0.696. The normalized spacial score (nSPS) is 20.8. The Balaban J connectivity index is 1.11. The summed E-state index contributed by atoms with van der Waals surface area (Å²) in [7, 11) is 0. The number of nitrogens with zero attached hydrogens (tertiary/aromatic N) is 4. The highest BCUT2D eigenvalue weighted by Crippen LogP contribution is 2.54. The van der Waals surface area contributed by atoms with Crippen molar-refractivity contribution >= 4 is 32.8 Å². The molecule has 0 unspecified atom stereocenters. The van der Waals surface area contributed by atoms with Crippen molar-refractivity contribution in [2.24, 2.45) is 0 Å². The fraction of sp³-hybridized carbons (Fsp3) is 0.318. The number of pyridine rings is 1. The fourth-order valence-corrected chi connectivity index (χ4v) is 14.3. The zero-order valence-electron chi connectivity index (χ0n) is 74.3. The molecule has 0 fully saturated rings. The number of benzene rings is 9. The maximum atomic E-state index is 10.6. The first-order valence-corrected chi connectivity index (χ1v) is 32.3. The van der Waals surface area contributed by atoms with Crippen molar-refractivity contribution in [2.45, 2.75) is 181 Å². The van der Waals surface area contributed by atoms with Gasteiger partial charge in [-0.1, -0.05) is 233 Å². The Bertz CT molecular complexity index is 5900. The molecule has 15 rings (SSSR count). The molecule has 2 aliphatic carbocycles. The Hall–Kier alpha value is -8.80. The predicted octanol–water partition coefficient (Wildman–Crippen LogP) is 23.2. The molecule has 0 saturated carbocycles. The topological polar surface area (TPSA) is 35.9 Å². The second-order valence-corrected chi connectivity index (χ2v) is 30.5. The molecule has 93 heavy (non-hydrogen) atoms. The summed E-state index contributed by atoms with van der Waals surface area (Å²) in [4.78, 5) is 4.92. The van der Waals surface area contributed by atoms with Crippen LogP contribution < -0.4 is 9.30 Å².